The maximum atomic E-state index is 13.9. The number of rotatable bonds is 8. The monoisotopic (exact) mass is 579 g/mol. The van der Waals surface area contributed by atoms with Gasteiger partial charge >= 0.3 is 0 Å². The van der Waals surface area contributed by atoms with Crippen molar-refractivity contribution in [3.63, 3.8) is 0 Å². The lowest BCUT2D eigenvalue weighted by Crippen LogP contribution is -2.26. The Kier molecular flexibility index (Phi) is 7.42. The average molecular weight is 580 g/mol. The molecule has 5 rings (SSSR count). The van der Waals surface area contributed by atoms with E-state index in [1.54, 1.807) is 72.8 Å². The highest BCUT2D eigenvalue weighted by molar-refractivity contribution is 7.92. The number of carbonyl (C=O) groups is 1. The molecule has 8 nitrogen and oxygen atoms in total. The van der Waals surface area contributed by atoms with Crippen LogP contribution in [0.2, 0.25) is 5.02 Å². The van der Waals surface area contributed by atoms with Gasteiger partial charge in [0.05, 0.1) is 45.8 Å². The molecule has 1 aromatic heterocycles. The Morgan fingerprint density at radius 2 is 1.62 bits per heavy atom. The van der Waals surface area contributed by atoms with E-state index in [-0.39, 0.29) is 21.2 Å². The lowest BCUT2D eigenvalue weighted by molar-refractivity contribution is 0.0999. The number of halogens is 1. The number of carbonyl (C=O) groups excluding carboxylic acids is 1. The van der Waals surface area contributed by atoms with Gasteiger partial charge in [-0.1, -0.05) is 59.3 Å². The first kappa shape index (κ1) is 26.5. The third-order valence-electron chi connectivity index (χ3n) is 5.83. The van der Waals surface area contributed by atoms with E-state index < -0.39 is 15.9 Å². The molecule has 1 amide bonds. The smallest absolute Gasteiger partial charge is 0.266 e. The Morgan fingerprint density at radius 3 is 2.33 bits per heavy atom. The van der Waals surface area contributed by atoms with Crippen LogP contribution in [0.15, 0.2) is 95.9 Å². The number of anilines is 3. The zero-order valence-electron chi connectivity index (χ0n) is 20.8. The van der Waals surface area contributed by atoms with E-state index in [0.717, 1.165) is 0 Å². The number of para-hydroxylation sites is 1. The molecule has 4 aromatic carbocycles. The standard InChI is InChI=1S/C28H22ClN3O5S2/c1-36-23-16-15-18(17-24(23)37-2)32(27(33)20-11-6-7-12-21(20)29)28-30-26-22(13-8-14-25(26)38-28)31-39(34,35)19-9-4-3-5-10-19/h3-17,31H,1-2H3. The number of nitrogens with zero attached hydrogens (tertiary/aromatic N) is 2. The zero-order chi connectivity index (χ0) is 27.6. The van der Waals surface area contributed by atoms with Crippen molar-refractivity contribution < 1.29 is 22.7 Å². The summed E-state index contributed by atoms with van der Waals surface area (Å²) in [5.74, 6) is 0.496. The van der Waals surface area contributed by atoms with Crippen LogP contribution in [0.25, 0.3) is 10.2 Å². The molecule has 0 radical (unpaired) electrons. The first-order valence-electron chi connectivity index (χ1n) is 11.6. The fraction of sp³-hybridized carbons (Fsp3) is 0.0714. The maximum Gasteiger partial charge on any atom is 0.266 e. The second kappa shape index (κ2) is 10.9. The second-order valence-electron chi connectivity index (χ2n) is 8.23. The number of aromatic nitrogens is 1. The van der Waals surface area contributed by atoms with Crippen LogP contribution in [0.5, 0.6) is 11.5 Å². The van der Waals surface area contributed by atoms with Crippen LogP contribution in [0, 0.1) is 0 Å². The molecule has 5 aromatic rings. The van der Waals surface area contributed by atoms with Gasteiger partial charge in [0.1, 0.15) is 5.52 Å². The Bertz CT molecular complexity index is 1780. The van der Waals surface area contributed by atoms with Gasteiger partial charge in [0.2, 0.25) is 0 Å². The number of sulfonamides is 1. The third kappa shape index (κ3) is 5.26. The van der Waals surface area contributed by atoms with Crippen LogP contribution in [0.3, 0.4) is 0 Å². The highest BCUT2D eigenvalue weighted by atomic mass is 35.5. The van der Waals surface area contributed by atoms with Gasteiger partial charge in [0.15, 0.2) is 16.6 Å². The van der Waals surface area contributed by atoms with Gasteiger partial charge in [-0.2, -0.15) is 0 Å². The largest absolute Gasteiger partial charge is 0.493 e. The quantitative estimate of drug-likeness (QED) is 0.218. The number of thiazole rings is 1. The summed E-state index contributed by atoms with van der Waals surface area (Å²) >= 11 is 7.63. The lowest BCUT2D eigenvalue weighted by Gasteiger charge is -2.22. The fourth-order valence-corrected chi connectivity index (χ4v) is 6.27. The van der Waals surface area contributed by atoms with Gasteiger partial charge in [-0.25, -0.2) is 13.4 Å². The summed E-state index contributed by atoms with van der Waals surface area (Å²) in [6, 6.07) is 25.0. The minimum absolute atomic E-state index is 0.123. The molecule has 0 saturated heterocycles. The van der Waals surface area contributed by atoms with E-state index in [1.807, 2.05) is 6.07 Å². The molecule has 0 saturated carbocycles. The first-order chi connectivity index (χ1) is 18.8. The van der Waals surface area contributed by atoms with Gasteiger partial charge in [-0.05, 0) is 48.5 Å². The Balaban J connectivity index is 1.64. The normalized spacial score (nSPS) is 11.3. The minimum Gasteiger partial charge on any atom is -0.493 e. The zero-order valence-corrected chi connectivity index (χ0v) is 23.2. The maximum absolute atomic E-state index is 13.9. The molecule has 11 heteroatoms. The molecule has 198 valence electrons. The predicted octanol–water partition coefficient (Wildman–Crippen LogP) is 6.75. The van der Waals surface area contributed by atoms with Crippen molar-refractivity contribution in [1.82, 2.24) is 4.98 Å². The molecule has 0 bridgehead atoms. The van der Waals surface area contributed by atoms with Crippen molar-refractivity contribution in [3.8, 4) is 11.5 Å². The molecule has 1 N–H and O–H groups in total. The molecule has 1 heterocycles. The van der Waals surface area contributed by atoms with Gasteiger partial charge in [0, 0.05) is 6.07 Å². The molecule has 0 unspecified atom stereocenters. The number of methoxy groups -OCH3 is 2. The Hall–Kier alpha value is -4.12. The highest BCUT2D eigenvalue weighted by Crippen LogP contribution is 2.40. The third-order valence-corrected chi connectivity index (χ3v) is 8.55. The molecule has 39 heavy (non-hydrogen) atoms. The van der Waals surface area contributed by atoms with Crippen LogP contribution in [0.4, 0.5) is 16.5 Å². The molecule has 0 fully saturated rings. The summed E-state index contributed by atoms with van der Waals surface area (Å²) in [5.41, 5.74) is 1.42. The summed E-state index contributed by atoms with van der Waals surface area (Å²) in [7, 11) is -0.835. The van der Waals surface area contributed by atoms with Crippen LogP contribution in [0.1, 0.15) is 10.4 Å². The van der Waals surface area contributed by atoms with Gasteiger partial charge < -0.3 is 9.47 Å². The van der Waals surface area contributed by atoms with Crippen molar-refractivity contribution in [2.45, 2.75) is 4.90 Å². The Labute approximate surface area is 234 Å². The van der Waals surface area contributed by atoms with E-state index in [4.69, 9.17) is 26.1 Å². The van der Waals surface area contributed by atoms with Gasteiger partial charge in [-0.15, -0.1) is 0 Å². The SMILES string of the molecule is COc1ccc(N(C(=O)c2ccccc2Cl)c2nc3c(NS(=O)(=O)c4ccccc4)cccc3s2)cc1OC. The molecule has 0 aliphatic heterocycles. The van der Waals surface area contributed by atoms with E-state index in [2.05, 4.69) is 4.72 Å². The minimum atomic E-state index is -3.86. The summed E-state index contributed by atoms with van der Waals surface area (Å²) in [6.45, 7) is 0. The van der Waals surface area contributed by atoms with Crippen LogP contribution in [-0.2, 0) is 10.0 Å². The van der Waals surface area contributed by atoms with E-state index in [1.165, 1.54) is 42.6 Å². The molecule has 0 atom stereocenters. The summed E-state index contributed by atoms with van der Waals surface area (Å²) in [4.78, 5) is 20.2. The number of fused-ring (bicyclic) bond motifs is 1. The van der Waals surface area contributed by atoms with Crippen LogP contribution >= 0.6 is 22.9 Å². The molecular weight excluding hydrogens is 558 g/mol. The number of ether oxygens (including phenoxy) is 2. The lowest BCUT2D eigenvalue weighted by atomic mass is 10.1. The summed E-state index contributed by atoms with van der Waals surface area (Å²) in [5, 5.41) is 0.596. The molecule has 0 spiro atoms. The van der Waals surface area contributed by atoms with E-state index >= 15 is 0 Å². The molecule has 0 aliphatic carbocycles. The number of nitrogens with one attached hydrogen (secondary N) is 1. The Morgan fingerprint density at radius 1 is 0.897 bits per heavy atom. The fourth-order valence-electron chi connectivity index (χ4n) is 3.95. The van der Waals surface area contributed by atoms with Crippen LogP contribution in [-0.4, -0.2) is 33.5 Å². The number of amides is 1. The van der Waals surface area contributed by atoms with Gasteiger partial charge in [0.25, 0.3) is 15.9 Å². The van der Waals surface area contributed by atoms with Gasteiger partial charge in [-0.3, -0.25) is 14.4 Å². The van der Waals surface area contributed by atoms with E-state index in [0.29, 0.717) is 32.5 Å². The number of benzene rings is 4. The van der Waals surface area contributed by atoms with Crippen molar-refractivity contribution in [3.05, 3.63) is 102 Å². The van der Waals surface area contributed by atoms with Crippen molar-refractivity contribution in [2.24, 2.45) is 0 Å². The van der Waals surface area contributed by atoms with Crippen molar-refractivity contribution in [2.75, 3.05) is 23.8 Å². The van der Waals surface area contributed by atoms with Crippen molar-refractivity contribution in [1.29, 1.82) is 0 Å². The van der Waals surface area contributed by atoms with Crippen LogP contribution < -0.4 is 19.1 Å². The van der Waals surface area contributed by atoms with Crippen molar-refractivity contribution >= 4 is 65.6 Å². The number of hydrogen-bond donors (Lipinski definition) is 1. The molecular formula is C28H22ClN3O5S2. The average Bonchev–Trinajstić information content (AvgIpc) is 3.38. The summed E-state index contributed by atoms with van der Waals surface area (Å²) < 4.78 is 40.2. The topological polar surface area (TPSA) is 97.8 Å². The predicted molar refractivity (Wildman–Crippen MR) is 154 cm³/mol. The highest BCUT2D eigenvalue weighted by Gasteiger charge is 2.27. The van der Waals surface area contributed by atoms with E-state index in [9.17, 15) is 13.2 Å². The second-order valence-corrected chi connectivity index (χ2v) is 11.3. The molecule has 0 aliphatic rings. The number of hydrogen-bond acceptors (Lipinski definition) is 7. The summed E-state index contributed by atoms with van der Waals surface area (Å²) in [6.07, 6.45) is 0. The first-order valence-corrected chi connectivity index (χ1v) is 14.3.